The first-order valence-electron chi connectivity index (χ1n) is 8.09. The van der Waals surface area contributed by atoms with Gasteiger partial charge in [-0.05, 0) is 52.9 Å². The summed E-state index contributed by atoms with van der Waals surface area (Å²) in [4.78, 5) is 12.3. The SMILES string of the molecule is O=[N+]([O-])c1ccccc1-n1nc(-c2ccccc2)[n+](-c2ccccc2I)n1.[Cl-]. The highest BCUT2D eigenvalue weighted by Crippen LogP contribution is 2.22. The Labute approximate surface area is 180 Å². The average Bonchev–Trinajstić information content (AvgIpc) is 3.14. The maximum atomic E-state index is 11.4. The molecule has 1 aromatic heterocycles. The van der Waals surface area contributed by atoms with E-state index in [9.17, 15) is 10.1 Å². The Bertz CT molecular complexity index is 1130. The molecule has 4 aromatic rings. The van der Waals surface area contributed by atoms with E-state index in [1.54, 1.807) is 22.9 Å². The van der Waals surface area contributed by atoms with Crippen molar-refractivity contribution in [2.75, 3.05) is 0 Å². The molecule has 0 spiro atoms. The summed E-state index contributed by atoms with van der Waals surface area (Å²) in [7, 11) is 0. The second kappa shape index (κ2) is 8.44. The number of benzene rings is 3. The monoisotopic (exact) mass is 505 g/mol. The molecule has 0 aliphatic rings. The lowest BCUT2D eigenvalue weighted by Crippen LogP contribution is -3.00. The van der Waals surface area contributed by atoms with Gasteiger partial charge in [0.15, 0.2) is 0 Å². The van der Waals surface area contributed by atoms with Gasteiger partial charge in [0.05, 0.1) is 24.4 Å². The van der Waals surface area contributed by atoms with Crippen LogP contribution < -0.4 is 17.1 Å². The fourth-order valence-corrected chi connectivity index (χ4v) is 3.34. The van der Waals surface area contributed by atoms with E-state index in [0.29, 0.717) is 11.5 Å². The van der Waals surface area contributed by atoms with Crippen molar-refractivity contribution in [1.29, 1.82) is 0 Å². The second-order valence-corrected chi connectivity index (χ2v) is 6.84. The predicted octanol–water partition coefficient (Wildman–Crippen LogP) is 0.728. The van der Waals surface area contributed by atoms with Gasteiger partial charge in [0, 0.05) is 10.9 Å². The first-order chi connectivity index (χ1) is 13.1. The van der Waals surface area contributed by atoms with Crippen molar-refractivity contribution in [1.82, 2.24) is 15.1 Å². The Morgan fingerprint density at radius 3 is 2.29 bits per heavy atom. The van der Waals surface area contributed by atoms with E-state index >= 15 is 0 Å². The molecule has 140 valence electrons. The van der Waals surface area contributed by atoms with Gasteiger partial charge in [-0.15, -0.1) is 0 Å². The summed E-state index contributed by atoms with van der Waals surface area (Å²) < 4.78 is 2.69. The molecule has 1 heterocycles. The lowest BCUT2D eigenvalue weighted by Gasteiger charge is -2.00. The number of halogens is 2. The van der Waals surface area contributed by atoms with Crippen LogP contribution in [0.15, 0.2) is 78.9 Å². The molecular weight excluding hydrogens is 493 g/mol. The van der Waals surface area contributed by atoms with Gasteiger partial charge in [0.1, 0.15) is 5.69 Å². The summed E-state index contributed by atoms with van der Waals surface area (Å²) in [6.07, 6.45) is 0. The Balaban J connectivity index is 0.00000225. The fourth-order valence-electron chi connectivity index (χ4n) is 2.72. The average molecular weight is 506 g/mol. The summed E-state index contributed by atoms with van der Waals surface area (Å²) >= 11 is 2.24. The Hall–Kier alpha value is -2.85. The fraction of sp³-hybridized carbons (Fsp3) is 0. The zero-order chi connectivity index (χ0) is 18.8. The molecule has 0 bridgehead atoms. The van der Waals surface area contributed by atoms with Gasteiger partial charge in [0.2, 0.25) is 5.69 Å². The largest absolute Gasteiger partial charge is 1.00 e. The van der Waals surface area contributed by atoms with Gasteiger partial charge in [-0.25, -0.2) is 0 Å². The molecule has 0 saturated carbocycles. The molecule has 0 aliphatic carbocycles. The van der Waals surface area contributed by atoms with Gasteiger partial charge in [-0.2, -0.15) is 0 Å². The minimum absolute atomic E-state index is 0. The Morgan fingerprint density at radius 2 is 1.57 bits per heavy atom. The number of rotatable bonds is 4. The number of hydrogen-bond acceptors (Lipinski definition) is 4. The van der Waals surface area contributed by atoms with Gasteiger partial charge in [0.25, 0.3) is 0 Å². The van der Waals surface area contributed by atoms with Crippen LogP contribution in [0.2, 0.25) is 0 Å². The van der Waals surface area contributed by atoms with Crippen LogP contribution in [0, 0.1) is 13.7 Å². The third kappa shape index (κ3) is 3.73. The van der Waals surface area contributed by atoms with E-state index in [4.69, 9.17) is 0 Å². The number of aromatic nitrogens is 4. The molecule has 0 unspecified atom stereocenters. The molecule has 3 aromatic carbocycles. The van der Waals surface area contributed by atoms with Crippen LogP contribution in [0.25, 0.3) is 22.8 Å². The molecule has 0 saturated heterocycles. The van der Waals surface area contributed by atoms with Crippen LogP contribution in [-0.2, 0) is 0 Å². The van der Waals surface area contributed by atoms with Crippen molar-refractivity contribution >= 4 is 28.3 Å². The van der Waals surface area contributed by atoms with E-state index in [2.05, 4.69) is 32.9 Å². The van der Waals surface area contributed by atoms with Crippen LogP contribution in [0.4, 0.5) is 5.69 Å². The highest BCUT2D eigenvalue weighted by atomic mass is 127. The highest BCUT2D eigenvalue weighted by Gasteiger charge is 2.28. The smallest absolute Gasteiger partial charge is 0.335 e. The zero-order valence-electron chi connectivity index (χ0n) is 14.3. The lowest BCUT2D eigenvalue weighted by molar-refractivity contribution is -0.651. The van der Waals surface area contributed by atoms with E-state index in [1.165, 1.54) is 10.9 Å². The molecule has 4 rings (SSSR count). The first kappa shape index (κ1) is 19.9. The molecule has 0 atom stereocenters. The van der Waals surface area contributed by atoms with Crippen LogP contribution in [0.1, 0.15) is 0 Å². The minimum Gasteiger partial charge on any atom is -1.00 e. The molecule has 0 fully saturated rings. The van der Waals surface area contributed by atoms with Crippen LogP contribution in [0.3, 0.4) is 0 Å². The maximum absolute atomic E-state index is 11.4. The van der Waals surface area contributed by atoms with Crippen LogP contribution in [-0.4, -0.2) is 20.0 Å². The predicted molar refractivity (Wildman–Crippen MR) is 108 cm³/mol. The second-order valence-electron chi connectivity index (χ2n) is 5.68. The van der Waals surface area contributed by atoms with Gasteiger partial charge in [-0.3, -0.25) is 10.1 Å². The molecule has 7 nitrogen and oxygen atoms in total. The van der Waals surface area contributed by atoms with Gasteiger partial charge >= 0.3 is 11.5 Å². The summed E-state index contributed by atoms with van der Waals surface area (Å²) in [5, 5.41) is 20.5. The standard InChI is InChI=1S/C19H13IN5O2.ClH/c20-15-10-4-5-11-16(15)23-19(14-8-2-1-3-9-14)21-24(22-23)17-12-6-7-13-18(17)25(26)27;/h1-13H;1H/q+1;/p-1. The molecule has 9 heteroatoms. The number of nitrogens with zero attached hydrogens (tertiary/aromatic N) is 5. The van der Waals surface area contributed by atoms with Gasteiger partial charge in [-0.1, -0.05) is 47.1 Å². The summed E-state index contributed by atoms with van der Waals surface area (Å²) in [5.74, 6) is 0.595. The van der Waals surface area contributed by atoms with E-state index in [0.717, 1.165) is 14.8 Å². The lowest BCUT2D eigenvalue weighted by atomic mass is 10.2. The minimum atomic E-state index is -0.433. The number of para-hydroxylation sites is 3. The molecule has 0 amide bonds. The van der Waals surface area contributed by atoms with Crippen molar-refractivity contribution in [3.8, 4) is 22.8 Å². The van der Waals surface area contributed by atoms with Crippen molar-refractivity contribution in [3.63, 3.8) is 0 Å². The Morgan fingerprint density at radius 1 is 0.929 bits per heavy atom. The Kier molecular flexibility index (Phi) is 6.00. The normalized spacial score (nSPS) is 10.3. The zero-order valence-corrected chi connectivity index (χ0v) is 17.2. The summed E-state index contributed by atoms with van der Waals surface area (Å²) in [6.45, 7) is 0. The van der Waals surface area contributed by atoms with E-state index in [-0.39, 0.29) is 18.1 Å². The highest BCUT2D eigenvalue weighted by molar-refractivity contribution is 14.1. The van der Waals surface area contributed by atoms with Crippen molar-refractivity contribution < 1.29 is 22.0 Å². The maximum Gasteiger partial charge on any atom is 0.335 e. The third-order valence-corrected chi connectivity index (χ3v) is 4.88. The van der Waals surface area contributed by atoms with Crippen molar-refractivity contribution in [2.45, 2.75) is 0 Å². The summed E-state index contributed by atoms with van der Waals surface area (Å²) in [6, 6.07) is 23.8. The van der Waals surface area contributed by atoms with E-state index in [1.807, 2.05) is 54.6 Å². The van der Waals surface area contributed by atoms with Crippen LogP contribution >= 0.6 is 22.6 Å². The van der Waals surface area contributed by atoms with E-state index < -0.39 is 4.92 Å². The first-order valence-corrected chi connectivity index (χ1v) is 9.17. The molecule has 0 radical (unpaired) electrons. The van der Waals surface area contributed by atoms with Crippen molar-refractivity contribution in [3.05, 3.63) is 92.5 Å². The molecule has 28 heavy (non-hydrogen) atoms. The molecule has 0 N–H and O–H groups in total. The van der Waals surface area contributed by atoms with Crippen LogP contribution in [0.5, 0.6) is 0 Å². The summed E-state index contributed by atoms with van der Waals surface area (Å²) in [5.41, 5.74) is 1.97. The molecular formula is C19H13ClIN5O2. The number of nitro groups is 1. The molecule has 0 aliphatic heterocycles. The number of tetrazole rings is 1. The topological polar surface area (TPSA) is 77.7 Å². The quantitative estimate of drug-likeness (QED) is 0.177. The van der Waals surface area contributed by atoms with Crippen molar-refractivity contribution in [2.24, 2.45) is 0 Å². The number of hydrogen-bond donors (Lipinski definition) is 0. The third-order valence-electron chi connectivity index (χ3n) is 3.97. The number of nitro benzene ring substituents is 1. The van der Waals surface area contributed by atoms with Gasteiger partial charge < -0.3 is 12.4 Å².